The van der Waals surface area contributed by atoms with Crippen LogP contribution in [-0.4, -0.2) is 24.1 Å². The van der Waals surface area contributed by atoms with Crippen molar-refractivity contribution in [3.05, 3.63) is 63.8 Å². The molecule has 0 aliphatic rings. The van der Waals surface area contributed by atoms with Gasteiger partial charge in [-0.15, -0.1) is 0 Å². The van der Waals surface area contributed by atoms with Crippen LogP contribution in [0.4, 0.5) is 11.5 Å². The van der Waals surface area contributed by atoms with E-state index in [1.807, 2.05) is 25.1 Å². The van der Waals surface area contributed by atoms with E-state index in [-0.39, 0.29) is 10.6 Å². The number of aromatic nitrogens is 1. The number of nitrogens with one attached hydrogen (secondary N) is 1. The van der Waals surface area contributed by atoms with Gasteiger partial charge in [0.2, 0.25) is 0 Å². The van der Waals surface area contributed by atoms with Crippen LogP contribution < -0.4 is 14.8 Å². The Kier molecular flexibility index (Phi) is 4.88. The van der Waals surface area contributed by atoms with E-state index in [2.05, 4.69) is 10.3 Å². The first kappa shape index (κ1) is 17.5. The van der Waals surface area contributed by atoms with Crippen molar-refractivity contribution in [3.63, 3.8) is 0 Å². The number of nitro groups is 1. The molecule has 0 spiro atoms. The molecule has 7 nitrogen and oxygen atoms in total. The van der Waals surface area contributed by atoms with Gasteiger partial charge in [0.15, 0.2) is 11.5 Å². The number of hydrogen-bond acceptors (Lipinski definition) is 6. The highest BCUT2D eigenvalue weighted by Gasteiger charge is 2.16. The molecule has 0 unspecified atom stereocenters. The Morgan fingerprint density at radius 2 is 1.88 bits per heavy atom. The molecule has 0 aliphatic carbocycles. The van der Waals surface area contributed by atoms with Gasteiger partial charge in [0, 0.05) is 24.2 Å². The molecule has 0 aliphatic heterocycles. The van der Waals surface area contributed by atoms with Crippen LogP contribution in [0.15, 0.2) is 42.6 Å². The maximum Gasteiger partial charge on any atom is 0.277 e. The number of anilines is 1. The van der Waals surface area contributed by atoms with Gasteiger partial charge in [-0.25, -0.2) is 4.98 Å². The monoisotopic (exact) mass is 353 g/mol. The Morgan fingerprint density at radius 3 is 2.58 bits per heavy atom. The van der Waals surface area contributed by atoms with E-state index >= 15 is 0 Å². The lowest BCUT2D eigenvalue weighted by molar-refractivity contribution is -0.383. The molecule has 26 heavy (non-hydrogen) atoms. The molecule has 3 rings (SSSR count). The quantitative estimate of drug-likeness (QED) is 0.531. The average Bonchev–Trinajstić information content (AvgIpc) is 2.65. The number of pyridine rings is 1. The van der Waals surface area contributed by atoms with Crippen LogP contribution in [-0.2, 0) is 6.54 Å². The maximum absolute atomic E-state index is 11.3. The van der Waals surface area contributed by atoms with Crippen LogP contribution in [0.3, 0.4) is 0 Å². The summed E-state index contributed by atoms with van der Waals surface area (Å²) in [7, 11) is 3.18. The number of nitro benzene ring substituents is 1. The summed E-state index contributed by atoms with van der Waals surface area (Å²) in [4.78, 5) is 15.3. The average molecular weight is 353 g/mol. The van der Waals surface area contributed by atoms with Crippen molar-refractivity contribution in [2.45, 2.75) is 13.5 Å². The molecule has 0 amide bonds. The van der Waals surface area contributed by atoms with E-state index in [1.54, 1.807) is 32.5 Å². The van der Waals surface area contributed by atoms with Crippen molar-refractivity contribution in [2.75, 3.05) is 19.5 Å². The van der Waals surface area contributed by atoms with Crippen molar-refractivity contribution < 1.29 is 14.4 Å². The van der Waals surface area contributed by atoms with Gasteiger partial charge in [0.1, 0.15) is 5.82 Å². The van der Waals surface area contributed by atoms with Gasteiger partial charge in [0.25, 0.3) is 5.69 Å². The minimum atomic E-state index is -0.375. The van der Waals surface area contributed by atoms with Gasteiger partial charge < -0.3 is 14.8 Å². The lowest BCUT2D eigenvalue weighted by Gasteiger charge is -2.13. The normalized spacial score (nSPS) is 10.6. The van der Waals surface area contributed by atoms with E-state index in [0.29, 0.717) is 29.2 Å². The molecule has 0 saturated carbocycles. The zero-order valence-corrected chi connectivity index (χ0v) is 14.8. The summed E-state index contributed by atoms with van der Waals surface area (Å²) in [6, 6.07) is 10.6. The molecule has 1 N–H and O–H groups in total. The van der Waals surface area contributed by atoms with E-state index in [1.165, 1.54) is 6.07 Å². The minimum absolute atomic E-state index is 0.0715. The summed E-state index contributed by atoms with van der Waals surface area (Å²) in [5, 5.41) is 15.9. The van der Waals surface area contributed by atoms with Crippen LogP contribution in [0.25, 0.3) is 10.8 Å². The molecule has 134 valence electrons. The van der Waals surface area contributed by atoms with Gasteiger partial charge in [-0.1, -0.05) is 12.1 Å². The Balaban J connectivity index is 1.95. The van der Waals surface area contributed by atoms with Crippen LogP contribution in [0.1, 0.15) is 11.1 Å². The molecular weight excluding hydrogens is 334 g/mol. The Labute approximate surface area is 150 Å². The Hall–Kier alpha value is -3.35. The molecular formula is C19H19N3O4. The molecule has 3 aromatic rings. The van der Waals surface area contributed by atoms with Crippen LogP contribution in [0.2, 0.25) is 0 Å². The molecule has 0 atom stereocenters. The maximum atomic E-state index is 11.3. The summed E-state index contributed by atoms with van der Waals surface area (Å²) in [6.07, 6.45) is 1.58. The smallest absolute Gasteiger partial charge is 0.277 e. The Bertz CT molecular complexity index is 972. The number of methoxy groups -OCH3 is 2. The summed E-state index contributed by atoms with van der Waals surface area (Å²) < 4.78 is 10.6. The summed E-state index contributed by atoms with van der Waals surface area (Å²) in [5.41, 5.74) is 1.97. The van der Waals surface area contributed by atoms with Crippen molar-refractivity contribution in [3.8, 4) is 11.5 Å². The van der Waals surface area contributed by atoms with Gasteiger partial charge in [-0.3, -0.25) is 10.1 Å². The van der Waals surface area contributed by atoms with Crippen LogP contribution in [0.5, 0.6) is 11.5 Å². The highest BCUT2D eigenvalue weighted by molar-refractivity contribution is 6.00. The fraction of sp³-hybridized carbons (Fsp3) is 0.211. The number of fused-ring (bicyclic) bond motifs is 1. The van der Waals surface area contributed by atoms with E-state index in [4.69, 9.17) is 9.47 Å². The highest BCUT2D eigenvalue weighted by atomic mass is 16.6. The number of non-ortho nitro benzene ring substituents is 1. The standard InChI is InChI=1S/C19H19N3O4/c1-12-4-6-15(22(23)24)14-8-9-20-19(18(12)14)21-11-13-5-7-16(25-2)17(10-13)26-3/h4-10H,11H2,1-3H3,(H,20,21). The summed E-state index contributed by atoms with van der Waals surface area (Å²) in [6.45, 7) is 2.41. The second kappa shape index (κ2) is 7.26. The van der Waals surface area contributed by atoms with Crippen molar-refractivity contribution in [1.82, 2.24) is 4.98 Å². The molecule has 2 aromatic carbocycles. The molecule has 0 fully saturated rings. The highest BCUT2D eigenvalue weighted by Crippen LogP contribution is 2.33. The van der Waals surface area contributed by atoms with E-state index < -0.39 is 0 Å². The number of ether oxygens (including phenoxy) is 2. The first-order valence-electron chi connectivity index (χ1n) is 8.02. The van der Waals surface area contributed by atoms with Crippen LogP contribution >= 0.6 is 0 Å². The molecule has 1 heterocycles. The zero-order valence-electron chi connectivity index (χ0n) is 14.8. The van der Waals surface area contributed by atoms with Crippen LogP contribution in [0, 0.1) is 17.0 Å². The third-order valence-electron chi connectivity index (χ3n) is 4.22. The number of aryl methyl sites for hydroxylation is 1. The van der Waals surface area contributed by atoms with Gasteiger partial charge in [-0.2, -0.15) is 0 Å². The predicted octanol–water partition coefficient (Wildman–Crippen LogP) is 4.08. The molecule has 1 aromatic heterocycles. The fourth-order valence-corrected chi connectivity index (χ4v) is 2.92. The molecule has 7 heteroatoms. The topological polar surface area (TPSA) is 86.5 Å². The first-order chi connectivity index (χ1) is 12.5. The lowest BCUT2D eigenvalue weighted by atomic mass is 10.0. The number of nitrogens with zero attached hydrogens (tertiary/aromatic N) is 2. The third kappa shape index (κ3) is 3.23. The van der Waals surface area contributed by atoms with Crippen molar-refractivity contribution in [1.29, 1.82) is 0 Å². The van der Waals surface area contributed by atoms with Gasteiger partial charge in [-0.05, 0) is 36.2 Å². The molecule has 0 bridgehead atoms. The summed E-state index contributed by atoms with van der Waals surface area (Å²) >= 11 is 0. The second-order valence-electron chi connectivity index (χ2n) is 5.78. The second-order valence-corrected chi connectivity index (χ2v) is 5.78. The number of rotatable bonds is 6. The zero-order chi connectivity index (χ0) is 18.7. The largest absolute Gasteiger partial charge is 0.493 e. The fourth-order valence-electron chi connectivity index (χ4n) is 2.92. The van der Waals surface area contributed by atoms with E-state index in [9.17, 15) is 10.1 Å². The predicted molar refractivity (Wildman–Crippen MR) is 100 cm³/mol. The molecule has 0 saturated heterocycles. The van der Waals surface area contributed by atoms with Crippen molar-refractivity contribution >= 4 is 22.3 Å². The Morgan fingerprint density at radius 1 is 1.12 bits per heavy atom. The number of benzene rings is 2. The first-order valence-corrected chi connectivity index (χ1v) is 8.02. The van der Waals surface area contributed by atoms with E-state index in [0.717, 1.165) is 16.5 Å². The van der Waals surface area contributed by atoms with Gasteiger partial charge >= 0.3 is 0 Å². The van der Waals surface area contributed by atoms with Gasteiger partial charge in [0.05, 0.1) is 24.5 Å². The summed E-state index contributed by atoms with van der Waals surface area (Å²) in [5.74, 6) is 1.91. The van der Waals surface area contributed by atoms with Crippen molar-refractivity contribution in [2.24, 2.45) is 0 Å². The number of hydrogen-bond donors (Lipinski definition) is 1. The third-order valence-corrected chi connectivity index (χ3v) is 4.22. The minimum Gasteiger partial charge on any atom is -0.493 e. The lowest BCUT2D eigenvalue weighted by Crippen LogP contribution is -2.04. The SMILES string of the molecule is COc1ccc(CNc2nccc3c([N+](=O)[O-])ccc(C)c23)cc1OC. The molecule has 0 radical (unpaired) electrons.